The van der Waals surface area contributed by atoms with Crippen LogP contribution in [-0.2, 0) is 0 Å². The van der Waals surface area contributed by atoms with Crippen molar-refractivity contribution in [2.75, 3.05) is 19.6 Å². The molecule has 0 aromatic heterocycles. The molecule has 0 saturated carbocycles. The third-order valence-corrected chi connectivity index (χ3v) is 3.78. The molecule has 1 aromatic carbocycles. The van der Waals surface area contributed by atoms with Gasteiger partial charge in [0.15, 0.2) is 0 Å². The molecule has 1 aliphatic rings. The maximum absolute atomic E-state index is 3.69. The molecule has 2 heteroatoms. The highest BCUT2D eigenvalue weighted by molar-refractivity contribution is 5.21. The molecule has 0 spiro atoms. The van der Waals surface area contributed by atoms with Crippen LogP contribution >= 0.6 is 0 Å². The first-order valence-corrected chi connectivity index (χ1v) is 7.27. The summed E-state index contributed by atoms with van der Waals surface area (Å²) >= 11 is 0. The van der Waals surface area contributed by atoms with Crippen LogP contribution in [0.4, 0.5) is 0 Å². The molecule has 2 rings (SSSR count). The fourth-order valence-corrected chi connectivity index (χ4v) is 2.78. The average Bonchev–Trinajstić information content (AvgIpc) is 2.46. The van der Waals surface area contributed by atoms with E-state index >= 15 is 0 Å². The number of rotatable bonds is 4. The predicted molar refractivity (Wildman–Crippen MR) is 80.9 cm³/mol. The zero-order chi connectivity index (χ0) is 13.5. The van der Waals surface area contributed by atoms with Crippen molar-refractivity contribution in [3.05, 3.63) is 35.9 Å². The second kappa shape index (κ2) is 7.33. The number of piperazine rings is 1. The van der Waals surface area contributed by atoms with Gasteiger partial charge in [0, 0.05) is 25.2 Å². The molecular formula is C17H24N2. The van der Waals surface area contributed by atoms with Crippen LogP contribution in [0.15, 0.2) is 30.3 Å². The van der Waals surface area contributed by atoms with Crippen LogP contribution in [0.3, 0.4) is 0 Å². The summed E-state index contributed by atoms with van der Waals surface area (Å²) < 4.78 is 0. The van der Waals surface area contributed by atoms with Crippen LogP contribution in [0, 0.1) is 11.8 Å². The van der Waals surface area contributed by atoms with Gasteiger partial charge in [-0.3, -0.25) is 4.90 Å². The quantitative estimate of drug-likeness (QED) is 0.833. The molecule has 102 valence electrons. The molecular weight excluding hydrogens is 232 g/mol. The largest absolute Gasteiger partial charge is 0.311 e. The van der Waals surface area contributed by atoms with E-state index in [0.29, 0.717) is 12.1 Å². The summed E-state index contributed by atoms with van der Waals surface area (Å²) in [5.41, 5.74) is 1.39. The molecule has 1 heterocycles. The van der Waals surface area contributed by atoms with E-state index in [9.17, 15) is 0 Å². The third kappa shape index (κ3) is 3.83. The Morgan fingerprint density at radius 2 is 2.11 bits per heavy atom. The topological polar surface area (TPSA) is 15.3 Å². The first-order chi connectivity index (χ1) is 9.35. The summed E-state index contributed by atoms with van der Waals surface area (Å²) in [6, 6.07) is 11.8. The first-order valence-electron chi connectivity index (χ1n) is 7.27. The SMILES string of the molecule is CC#CCN1CC(CCC)NCC1c1ccccc1. The predicted octanol–water partition coefficient (Wildman–Crippen LogP) is 2.82. The van der Waals surface area contributed by atoms with Crippen molar-refractivity contribution in [1.29, 1.82) is 0 Å². The van der Waals surface area contributed by atoms with E-state index in [1.165, 1.54) is 18.4 Å². The second-order valence-corrected chi connectivity index (χ2v) is 5.18. The van der Waals surface area contributed by atoms with Gasteiger partial charge in [-0.25, -0.2) is 0 Å². The van der Waals surface area contributed by atoms with Gasteiger partial charge in [0.25, 0.3) is 0 Å². The van der Waals surface area contributed by atoms with Gasteiger partial charge in [-0.15, -0.1) is 5.92 Å². The van der Waals surface area contributed by atoms with Crippen molar-refractivity contribution in [2.45, 2.75) is 38.8 Å². The van der Waals surface area contributed by atoms with E-state index in [2.05, 4.69) is 59.3 Å². The van der Waals surface area contributed by atoms with Gasteiger partial charge >= 0.3 is 0 Å². The molecule has 19 heavy (non-hydrogen) atoms. The number of benzene rings is 1. The Balaban J connectivity index is 2.10. The van der Waals surface area contributed by atoms with Crippen LogP contribution in [0.25, 0.3) is 0 Å². The monoisotopic (exact) mass is 256 g/mol. The first kappa shape index (κ1) is 14.1. The van der Waals surface area contributed by atoms with Crippen molar-refractivity contribution >= 4 is 0 Å². The molecule has 1 N–H and O–H groups in total. The standard InChI is InChI=1S/C17H24N2/c1-3-5-12-19-14-16(9-4-2)18-13-17(19)15-10-7-6-8-11-15/h6-8,10-11,16-18H,4,9,12-14H2,1-2H3. The Hall–Kier alpha value is -1.30. The highest BCUT2D eigenvalue weighted by atomic mass is 15.2. The van der Waals surface area contributed by atoms with Crippen molar-refractivity contribution in [2.24, 2.45) is 0 Å². The van der Waals surface area contributed by atoms with Gasteiger partial charge in [-0.2, -0.15) is 0 Å². The highest BCUT2D eigenvalue weighted by Crippen LogP contribution is 2.23. The van der Waals surface area contributed by atoms with Crippen LogP contribution in [0.5, 0.6) is 0 Å². The lowest BCUT2D eigenvalue weighted by Gasteiger charge is -2.39. The molecule has 0 amide bonds. The Bertz CT molecular complexity index is 430. The molecule has 2 atom stereocenters. The molecule has 0 radical (unpaired) electrons. The summed E-state index contributed by atoms with van der Waals surface area (Å²) in [6.07, 6.45) is 2.48. The lowest BCUT2D eigenvalue weighted by atomic mass is 9.99. The number of nitrogens with zero attached hydrogens (tertiary/aromatic N) is 1. The number of hydrogen-bond acceptors (Lipinski definition) is 2. The Kier molecular flexibility index (Phi) is 5.44. The zero-order valence-electron chi connectivity index (χ0n) is 12.0. The highest BCUT2D eigenvalue weighted by Gasteiger charge is 2.27. The summed E-state index contributed by atoms with van der Waals surface area (Å²) in [7, 11) is 0. The van der Waals surface area contributed by atoms with Gasteiger partial charge in [-0.05, 0) is 18.9 Å². The van der Waals surface area contributed by atoms with E-state index in [-0.39, 0.29) is 0 Å². The van der Waals surface area contributed by atoms with Gasteiger partial charge in [0.1, 0.15) is 0 Å². The maximum atomic E-state index is 3.69. The van der Waals surface area contributed by atoms with Gasteiger partial charge in [-0.1, -0.05) is 49.6 Å². The summed E-state index contributed by atoms with van der Waals surface area (Å²) in [5.74, 6) is 6.25. The minimum atomic E-state index is 0.454. The Morgan fingerprint density at radius 1 is 1.32 bits per heavy atom. The van der Waals surface area contributed by atoms with Gasteiger partial charge < -0.3 is 5.32 Å². The van der Waals surface area contributed by atoms with Crippen LogP contribution in [0.2, 0.25) is 0 Å². The van der Waals surface area contributed by atoms with Crippen molar-refractivity contribution in [1.82, 2.24) is 10.2 Å². The van der Waals surface area contributed by atoms with Gasteiger partial charge in [0.2, 0.25) is 0 Å². The number of hydrogen-bond donors (Lipinski definition) is 1. The molecule has 2 unspecified atom stereocenters. The zero-order valence-corrected chi connectivity index (χ0v) is 12.0. The fourth-order valence-electron chi connectivity index (χ4n) is 2.78. The minimum absolute atomic E-state index is 0.454. The fraction of sp³-hybridized carbons (Fsp3) is 0.529. The lowest BCUT2D eigenvalue weighted by molar-refractivity contribution is 0.143. The van der Waals surface area contributed by atoms with Gasteiger partial charge in [0.05, 0.1) is 6.54 Å². The Labute approximate surface area is 117 Å². The van der Waals surface area contributed by atoms with Crippen LogP contribution in [0.1, 0.15) is 38.3 Å². The van der Waals surface area contributed by atoms with Crippen molar-refractivity contribution in [3.8, 4) is 11.8 Å². The smallest absolute Gasteiger partial charge is 0.0607 e. The van der Waals surface area contributed by atoms with Crippen LogP contribution < -0.4 is 5.32 Å². The maximum Gasteiger partial charge on any atom is 0.0607 e. The Morgan fingerprint density at radius 3 is 2.79 bits per heavy atom. The number of nitrogens with one attached hydrogen (secondary N) is 1. The average molecular weight is 256 g/mol. The van der Waals surface area contributed by atoms with E-state index in [0.717, 1.165) is 19.6 Å². The third-order valence-electron chi connectivity index (χ3n) is 3.78. The molecule has 1 aliphatic heterocycles. The van der Waals surface area contributed by atoms with E-state index < -0.39 is 0 Å². The lowest BCUT2D eigenvalue weighted by Crippen LogP contribution is -2.52. The van der Waals surface area contributed by atoms with Crippen molar-refractivity contribution < 1.29 is 0 Å². The van der Waals surface area contributed by atoms with Crippen LogP contribution in [-0.4, -0.2) is 30.6 Å². The minimum Gasteiger partial charge on any atom is -0.311 e. The second-order valence-electron chi connectivity index (χ2n) is 5.18. The van der Waals surface area contributed by atoms with E-state index in [1.54, 1.807) is 0 Å². The summed E-state index contributed by atoms with van der Waals surface area (Å²) in [4.78, 5) is 2.52. The molecule has 0 aliphatic carbocycles. The normalized spacial score (nSPS) is 23.7. The molecule has 1 fully saturated rings. The molecule has 2 nitrogen and oxygen atoms in total. The molecule has 1 aromatic rings. The van der Waals surface area contributed by atoms with Crippen molar-refractivity contribution in [3.63, 3.8) is 0 Å². The summed E-state index contributed by atoms with van der Waals surface area (Å²) in [5, 5.41) is 3.69. The molecule has 1 saturated heterocycles. The molecule has 0 bridgehead atoms. The van der Waals surface area contributed by atoms with E-state index in [4.69, 9.17) is 0 Å². The summed E-state index contributed by atoms with van der Waals surface area (Å²) in [6.45, 7) is 7.17. The van der Waals surface area contributed by atoms with E-state index in [1.807, 2.05) is 6.92 Å².